The highest BCUT2D eigenvalue weighted by Crippen LogP contribution is 2.32. The number of carbonyl (C=O) groups excluding carboxylic acids is 1. The van der Waals surface area contributed by atoms with Gasteiger partial charge in [0.25, 0.3) is 0 Å². The van der Waals surface area contributed by atoms with Crippen LogP contribution >= 0.6 is 11.6 Å². The Morgan fingerprint density at radius 3 is 2.50 bits per heavy atom. The van der Waals surface area contributed by atoms with Gasteiger partial charge in [-0.2, -0.15) is 4.31 Å². The Balaban J connectivity index is 1.81. The predicted octanol–water partition coefficient (Wildman–Crippen LogP) is 3.97. The van der Waals surface area contributed by atoms with Crippen LogP contribution in [0.15, 0.2) is 41.3 Å². The maximum Gasteiger partial charge on any atom is 0.246 e. The van der Waals surface area contributed by atoms with Gasteiger partial charge in [0.05, 0.1) is 19.4 Å². The molecule has 174 valence electrons. The second-order valence-corrected chi connectivity index (χ2v) is 9.75. The van der Waals surface area contributed by atoms with E-state index in [0.717, 1.165) is 12.8 Å². The summed E-state index contributed by atoms with van der Waals surface area (Å²) in [6.45, 7) is 4.81. The zero-order valence-corrected chi connectivity index (χ0v) is 19.9. The summed E-state index contributed by atoms with van der Waals surface area (Å²) < 4.78 is 38.6. The van der Waals surface area contributed by atoms with Crippen LogP contribution in [0.2, 0.25) is 5.02 Å². The summed E-state index contributed by atoms with van der Waals surface area (Å²) in [5.74, 6) is 0.448. The summed E-state index contributed by atoms with van der Waals surface area (Å²) in [6, 6.07) is 9.08. The lowest BCUT2D eigenvalue weighted by Crippen LogP contribution is -2.32. The van der Waals surface area contributed by atoms with Crippen LogP contribution in [0.1, 0.15) is 26.7 Å². The first-order chi connectivity index (χ1) is 15.3. The normalized spacial score (nSPS) is 15.2. The third kappa shape index (κ3) is 5.46. The molecule has 2 aromatic rings. The van der Waals surface area contributed by atoms with Crippen molar-refractivity contribution in [2.75, 3.05) is 37.4 Å². The van der Waals surface area contributed by atoms with E-state index in [2.05, 4.69) is 10.6 Å². The molecule has 1 saturated heterocycles. The number of benzene rings is 2. The Morgan fingerprint density at radius 1 is 1.16 bits per heavy atom. The first-order valence-electron chi connectivity index (χ1n) is 10.4. The zero-order valence-electron chi connectivity index (χ0n) is 18.4. The van der Waals surface area contributed by atoms with Crippen LogP contribution in [0, 0.1) is 0 Å². The number of anilines is 2. The molecule has 2 aromatic carbocycles. The molecule has 32 heavy (non-hydrogen) atoms. The van der Waals surface area contributed by atoms with Crippen LogP contribution in [0.5, 0.6) is 11.5 Å². The van der Waals surface area contributed by atoms with Crippen molar-refractivity contribution in [3.8, 4) is 11.5 Å². The molecule has 0 radical (unpaired) electrons. The molecule has 0 spiro atoms. The van der Waals surface area contributed by atoms with Crippen molar-refractivity contribution in [3.63, 3.8) is 0 Å². The number of rotatable bonds is 9. The number of nitrogens with zero attached hydrogens (tertiary/aromatic N) is 1. The van der Waals surface area contributed by atoms with Crippen molar-refractivity contribution in [2.24, 2.45) is 0 Å². The number of methoxy groups -OCH3 is 1. The van der Waals surface area contributed by atoms with Crippen LogP contribution < -0.4 is 20.1 Å². The maximum absolute atomic E-state index is 13.2. The van der Waals surface area contributed by atoms with E-state index in [-0.39, 0.29) is 10.8 Å². The quantitative estimate of drug-likeness (QED) is 0.562. The fraction of sp³-hybridized carbons (Fsp3) is 0.409. The molecule has 0 aliphatic carbocycles. The minimum absolute atomic E-state index is 0.0929. The molecule has 1 heterocycles. The predicted molar refractivity (Wildman–Crippen MR) is 125 cm³/mol. The number of carbonyl (C=O) groups is 1. The first-order valence-corrected chi connectivity index (χ1v) is 12.3. The number of ether oxygens (including phenoxy) is 2. The summed E-state index contributed by atoms with van der Waals surface area (Å²) in [7, 11) is -2.19. The van der Waals surface area contributed by atoms with E-state index in [4.69, 9.17) is 21.1 Å². The molecule has 0 saturated carbocycles. The van der Waals surface area contributed by atoms with Crippen molar-refractivity contribution in [3.05, 3.63) is 41.4 Å². The molecule has 2 N–H and O–H groups in total. The molecule has 0 aromatic heterocycles. The van der Waals surface area contributed by atoms with Gasteiger partial charge in [-0.15, -0.1) is 0 Å². The van der Waals surface area contributed by atoms with E-state index in [1.807, 2.05) is 0 Å². The van der Waals surface area contributed by atoms with Gasteiger partial charge in [0.15, 0.2) is 0 Å². The summed E-state index contributed by atoms with van der Waals surface area (Å²) in [5.41, 5.74) is 0.939. The number of nitrogens with one attached hydrogen (secondary N) is 2. The van der Waals surface area contributed by atoms with Crippen LogP contribution in [-0.2, 0) is 14.8 Å². The highest BCUT2D eigenvalue weighted by Gasteiger charge is 2.30. The first kappa shape index (κ1) is 24.2. The minimum Gasteiger partial charge on any atom is -0.495 e. The molecule has 1 aliphatic heterocycles. The van der Waals surface area contributed by atoms with E-state index in [1.165, 1.54) is 17.5 Å². The third-order valence-corrected chi connectivity index (χ3v) is 7.28. The Kier molecular flexibility index (Phi) is 7.86. The van der Waals surface area contributed by atoms with Gasteiger partial charge in [-0.3, -0.25) is 4.79 Å². The van der Waals surface area contributed by atoms with E-state index >= 15 is 0 Å². The molecule has 1 unspecified atom stereocenters. The highest BCUT2D eigenvalue weighted by atomic mass is 35.5. The molecule has 1 atom stereocenters. The largest absolute Gasteiger partial charge is 0.495 e. The van der Waals surface area contributed by atoms with Gasteiger partial charge in [0, 0.05) is 23.8 Å². The van der Waals surface area contributed by atoms with Crippen molar-refractivity contribution in [2.45, 2.75) is 37.6 Å². The molecular weight excluding hydrogens is 454 g/mol. The Hall–Kier alpha value is -2.49. The molecule has 1 amide bonds. The lowest BCUT2D eigenvalue weighted by molar-refractivity contribution is -0.116. The van der Waals surface area contributed by atoms with Crippen LogP contribution in [-0.4, -0.2) is 51.5 Å². The fourth-order valence-corrected chi connectivity index (χ4v) is 5.32. The molecule has 3 rings (SSSR count). The topological polar surface area (TPSA) is 97.0 Å². The third-order valence-electron chi connectivity index (χ3n) is 5.12. The van der Waals surface area contributed by atoms with Crippen molar-refractivity contribution in [1.82, 2.24) is 4.31 Å². The number of hydrogen-bond donors (Lipinski definition) is 2. The lowest BCUT2D eigenvalue weighted by atomic mass is 10.2. The maximum atomic E-state index is 13.2. The number of sulfonamides is 1. The SMILES string of the molecule is CCOc1ccc(NC(C)C(=O)Nc2cc(Cl)ccc2OC)cc1S(=O)(=O)N1CCCC1. The second-order valence-electron chi connectivity index (χ2n) is 7.41. The van der Waals surface area contributed by atoms with Crippen LogP contribution in [0.3, 0.4) is 0 Å². The molecule has 8 nitrogen and oxygen atoms in total. The summed E-state index contributed by atoms with van der Waals surface area (Å²) in [4.78, 5) is 12.8. The number of hydrogen-bond acceptors (Lipinski definition) is 6. The van der Waals surface area contributed by atoms with Gasteiger partial charge in [-0.1, -0.05) is 11.6 Å². The Morgan fingerprint density at radius 2 is 1.84 bits per heavy atom. The average molecular weight is 482 g/mol. The molecule has 1 fully saturated rings. The van der Waals surface area contributed by atoms with E-state index in [1.54, 1.807) is 44.2 Å². The molecule has 10 heteroatoms. The van der Waals surface area contributed by atoms with Gasteiger partial charge in [-0.25, -0.2) is 8.42 Å². The average Bonchev–Trinajstić information content (AvgIpc) is 3.31. The van der Waals surface area contributed by atoms with Crippen LogP contribution in [0.25, 0.3) is 0 Å². The van der Waals surface area contributed by atoms with E-state index in [9.17, 15) is 13.2 Å². The van der Waals surface area contributed by atoms with Gasteiger partial charge in [0.2, 0.25) is 15.9 Å². The Bertz CT molecular complexity index is 1070. The van der Waals surface area contributed by atoms with E-state index in [0.29, 0.717) is 47.6 Å². The van der Waals surface area contributed by atoms with Crippen LogP contribution in [0.4, 0.5) is 11.4 Å². The molecular formula is C22H28ClN3O5S. The number of amides is 1. The highest BCUT2D eigenvalue weighted by molar-refractivity contribution is 7.89. The molecule has 0 bridgehead atoms. The summed E-state index contributed by atoms with van der Waals surface area (Å²) in [6.07, 6.45) is 1.68. The standard InChI is InChI=1S/C22H28ClN3O5S/c1-4-31-20-10-8-17(14-21(20)32(28,29)26-11-5-6-12-26)24-15(2)22(27)25-18-13-16(23)7-9-19(18)30-3/h7-10,13-15,24H,4-6,11-12H2,1-3H3,(H,25,27). The van der Waals surface area contributed by atoms with Crippen molar-refractivity contribution >= 4 is 38.9 Å². The summed E-state index contributed by atoms with van der Waals surface area (Å²) >= 11 is 6.03. The van der Waals surface area contributed by atoms with Gasteiger partial charge in [-0.05, 0) is 63.1 Å². The summed E-state index contributed by atoms with van der Waals surface area (Å²) in [5, 5.41) is 6.31. The molecule has 1 aliphatic rings. The Labute approximate surface area is 193 Å². The smallest absolute Gasteiger partial charge is 0.246 e. The monoisotopic (exact) mass is 481 g/mol. The van der Waals surface area contributed by atoms with Crippen molar-refractivity contribution in [1.29, 1.82) is 0 Å². The zero-order chi connectivity index (χ0) is 23.3. The van der Waals surface area contributed by atoms with Gasteiger partial charge in [0.1, 0.15) is 22.4 Å². The minimum atomic E-state index is -3.70. The van der Waals surface area contributed by atoms with E-state index < -0.39 is 16.1 Å². The second kappa shape index (κ2) is 10.4. The lowest BCUT2D eigenvalue weighted by Gasteiger charge is -2.21. The van der Waals surface area contributed by atoms with Gasteiger partial charge >= 0.3 is 0 Å². The van der Waals surface area contributed by atoms with Gasteiger partial charge < -0.3 is 20.1 Å². The van der Waals surface area contributed by atoms with Crippen molar-refractivity contribution < 1.29 is 22.7 Å². The fourth-order valence-electron chi connectivity index (χ4n) is 3.48. The number of halogens is 1.